The summed E-state index contributed by atoms with van der Waals surface area (Å²) in [6, 6.07) is 6.41. The fourth-order valence-electron chi connectivity index (χ4n) is 2.82. The average molecular weight is 345 g/mol. The van der Waals surface area contributed by atoms with Crippen molar-refractivity contribution in [1.29, 1.82) is 0 Å². The lowest BCUT2D eigenvalue weighted by Crippen LogP contribution is -2.42. The molecule has 0 fully saturated rings. The molecule has 2 aromatic rings. The summed E-state index contributed by atoms with van der Waals surface area (Å²) in [6.07, 6.45) is 8.85. The van der Waals surface area contributed by atoms with Gasteiger partial charge in [-0.2, -0.15) is 0 Å². The number of unbranched alkanes of at least 4 members (excludes halogenated alkanes) is 2. The number of fused-ring (bicyclic) bond motifs is 1. The van der Waals surface area contributed by atoms with Crippen molar-refractivity contribution < 1.29 is 0 Å². The second-order valence-electron chi connectivity index (χ2n) is 6.45. The van der Waals surface area contributed by atoms with Crippen molar-refractivity contribution >= 4 is 11.6 Å². The summed E-state index contributed by atoms with van der Waals surface area (Å²) < 4.78 is 2.04. The number of nitrogens with zero attached hydrogens (tertiary/aromatic N) is 4. The lowest BCUT2D eigenvalue weighted by atomic mass is 10.1. The normalized spacial score (nSPS) is 13.2. The number of aromatic nitrogens is 3. The second kappa shape index (κ2) is 10.7. The van der Waals surface area contributed by atoms with Crippen LogP contribution < -0.4 is 10.6 Å². The van der Waals surface area contributed by atoms with Gasteiger partial charge in [0.2, 0.25) is 0 Å². The van der Waals surface area contributed by atoms with E-state index in [0.717, 1.165) is 43.4 Å². The van der Waals surface area contributed by atoms with Gasteiger partial charge in [-0.1, -0.05) is 32.3 Å². The highest BCUT2D eigenvalue weighted by Gasteiger charge is 2.06. The Morgan fingerprint density at radius 2 is 2.08 bits per heavy atom. The third kappa shape index (κ3) is 6.36. The van der Waals surface area contributed by atoms with Crippen LogP contribution in [0.2, 0.25) is 0 Å². The molecule has 0 radical (unpaired) electrons. The Morgan fingerprint density at radius 3 is 2.88 bits per heavy atom. The molecule has 1 atom stereocenters. The first-order valence-corrected chi connectivity index (χ1v) is 9.58. The Balaban J connectivity index is 1.80. The van der Waals surface area contributed by atoms with E-state index in [2.05, 4.69) is 41.6 Å². The van der Waals surface area contributed by atoms with Gasteiger partial charge in [0.1, 0.15) is 5.82 Å². The molecular weight excluding hydrogens is 312 g/mol. The van der Waals surface area contributed by atoms with Crippen LogP contribution in [0.15, 0.2) is 29.4 Å². The van der Waals surface area contributed by atoms with Crippen LogP contribution in [0.3, 0.4) is 0 Å². The molecule has 0 spiro atoms. The van der Waals surface area contributed by atoms with Gasteiger partial charge in [0.15, 0.2) is 11.6 Å². The van der Waals surface area contributed by atoms with Gasteiger partial charge in [-0.15, -0.1) is 10.2 Å². The van der Waals surface area contributed by atoms with E-state index in [4.69, 9.17) is 4.99 Å². The van der Waals surface area contributed by atoms with Crippen LogP contribution in [-0.4, -0.2) is 39.7 Å². The minimum atomic E-state index is 0.449. The van der Waals surface area contributed by atoms with E-state index < -0.39 is 0 Å². The largest absolute Gasteiger partial charge is 0.357 e. The maximum atomic E-state index is 4.70. The predicted molar refractivity (Wildman–Crippen MR) is 104 cm³/mol. The van der Waals surface area contributed by atoms with Crippen LogP contribution in [0.5, 0.6) is 0 Å². The third-order valence-corrected chi connectivity index (χ3v) is 4.18. The standard InChI is InChI=1S/C19H32N6/c1-4-6-7-11-16(3)22-19(20-5-2)21-14-10-13-18-24-23-17-12-8-9-15-25(17)18/h8-9,12,15-16H,4-7,10-11,13-14H2,1-3H3,(H2,20,21,22). The number of nitrogens with one attached hydrogen (secondary N) is 2. The first kappa shape index (κ1) is 19.2. The minimum Gasteiger partial charge on any atom is -0.357 e. The monoisotopic (exact) mass is 344 g/mol. The number of rotatable bonds is 10. The molecule has 0 aliphatic carbocycles. The molecule has 0 amide bonds. The molecule has 0 aliphatic heterocycles. The Labute approximate surface area is 151 Å². The Morgan fingerprint density at radius 1 is 1.20 bits per heavy atom. The molecule has 0 aliphatic rings. The molecule has 2 rings (SSSR count). The van der Waals surface area contributed by atoms with Crippen LogP contribution in [0.4, 0.5) is 0 Å². The maximum absolute atomic E-state index is 4.70. The highest BCUT2D eigenvalue weighted by molar-refractivity contribution is 5.80. The van der Waals surface area contributed by atoms with Crippen LogP contribution in [0.25, 0.3) is 5.65 Å². The number of hydrogen-bond acceptors (Lipinski definition) is 3. The highest BCUT2D eigenvalue weighted by Crippen LogP contribution is 2.05. The van der Waals surface area contributed by atoms with Crippen molar-refractivity contribution in [2.45, 2.75) is 65.3 Å². The van der Waals surface area contributed by atoms with Crippen molar-refractivity contribution in [3.63, 3.8) is 0 Å². The Bertz CT molecular complexity index is 648. The van der Waals surface area contributed by atoms with Gasteiger partial charge in [-0.25, -0.2) is 0 Å². The van der Waals surface area contributed by atoms with Crippen molar-refractivity contribution in [3.05, 3.63) is 30.2 Å². The molecule has 6 nitrogen and oxygen atoms in total. The summed E-state index contributed by atoms with van der Waals surface area (Å²) >= 11 is 0. The van der Waals surface area contributed by atoms with E-state index in [-0.39, 0.29) is 0 Å². The quantitative estimate of drug-likeness (QED) is 0.395. The number of guanidine groups is 1. The van der Waals surface area contributed by atoms with E-state index in [1.165, 1.54) is 25.7 Å². The molecule has 6 heteroatoms. The van der Waals surface area contributed by atoms with Gasteiger partial charge in [0, 0.05) is 31.7 Å². The summed E-state index contributed by atoms with van der Waals surface area (Å²) in [4.78, 5) is 4.70. The molecule has 25 heavy (non-hydrogen) atoms. The van der Waals surface area contributed by atoms with E-state index in [1.54, 1.807) is 0 Å². The molecular formula is C19H32N6. The first-order chi connectivity index (χ1) is 12.2. The molecule has 0 bridgehead atoms. The SMILES string of the molecule is CCCCCC(C)NC(=NCCCc1nnc2ccccn12)NCC. The van der Waals surface area contributed by atoms with Crippen molar-refractivity contribution in [3.8, 4) is 0 Å². The number of pyridine rings is 1. The van der Waals surface area contributed by atoms with Crippen molar-refractivity contribution in [2.75, 3.05) is 13.1 Å². The van der Waals surface area contributed by atoms with Crippen LogP contribution in [-0.2, 0) is 6.42 Å². The molecule has 1 unspecified atom stereocenters. The zero-order chi connectivity index (χ0) is 17.9. The fraction of sp³-hybridized carbons (Fsp3) is 0.632. The average Bonchev–Trinajstić information content (AvgIpc) is 3.02. The van der Waals surface area contributed by atoms with Gasteiger partial charge in [0.25, 0.3) is 0 Å². The minimum absolute atomic E-state index is 0.449. The summed E-state index contributed by atoms with van der Waals surface area (Å²) in [5.74, 6) is 1.91. The summed E-state index contributed by atoms with van der Waals surface area (Å²) in [6.45, 7) is 8.22. The summed E-state index contributed by atoms with van der Waals surface area (Å²) in [5.41, 5.74) is 0.900. The van der Waals surface area contributed by atoms with Gasteiger partial charge in [0.05, 0.1) is 0 Å². The van der Waals surface area contributed by atoms with E-state index in [0.29, 0.717) is 6.04 Å². The topological polar surface area (TPSA) is 66.6 Å². The van der Waals surface area contributed by atoms with Gasteiger partial charge >= 0.3 is 0 Å². The molecule has 0 aromatic carbocycles. The lowest BCUT2D eigenvalue weighted by Gasteiger charge is -2.17. The number of aryl methyl sites for hydroxylation is 1. The second-order valence-corrected chi connectivity index (χ2v) is 6.45. The van der Waals surface area contributed by atoms with Crippen molar-refractivity contribution in [2.24, 2.45) is 4.99 Å². The molecule has 2 aromatic heterocycles. The highest BCUT2D eigenvalue weighted by atomic mass is 15.2. The molecule has 0 saturated carbocycles. The third-order valence-electron chi connectivity index (χ3n) is 4.18. The number of aliphatic imine (C=N–C) groups is 1. The lowest BCUT2D eigenvalue weighted by molar-refractivity contribution is 0.546. The maximum Gasteiger partial charge on any atom is 0.191 e. The van der Waals surface area contributed by atoms with E-state index in [9.17, 15) is 0 Å². The number of hydrogen-bond donors (Lipinski definition) is 2. The van der Waals surface area contributed by atoms with Crippen LogP contribution >= 0.6 is 0 Å². The Hall–Kier alpha value is -2.11. The molecule has 2 heterocycles. The van der Waals surface area contributed by atoms with Crippen LogP contribution in [0, 0.1) is 0 Å². The van der Waals surface area contributed by atoms with Gasteiger partial charge < -0.3 is 10.6 Å². The van der Waals surface area contributed by atoms with Crippen LogP contribution in [0.1, 0.15) is 58.7 Å². The van der Waals surface area contributed by atoms with E-state index in [1.807, 2.05) is 28.8 Å². The predicted octanol–water partition coefficient (Wildman–Crippen LogP) is 3.19. The smallest absolute Gasteiger partial charge is 0.191 e. The van der Waals surface area contributed by atoms with Crippen molar-refractivity contribution in [1.82, 2.24) is 25.2 Å². The summed E-state index contributed by atoms with van der Waals surface area (Å²) in [5, 5.41) is 15.3. The van der Waals surface area contributed by atoms with Gasteiger partial charge in [-0.3, -0.25) is 9.39 Å². The first-order valence-electron chi connectivity index (χ1n) is 9.58. The zero-order valence-electron chi connectivity index (χ0n) is 15.8. The molecule has 0 saturated heterocycles. The Kier molecular flexibility index (Phi) is 8.22. The molecule has 2 N–H and O–H groups in total. The van der Waals surface area contributed by atoms with E-state index >= 15 is 0 Å². The fourth-order valence-corrected chi connectivity index (χ4v) is 2.82. The zero-order valence-corrected chi connectivity index (χ0v) is 15.8. The van der Waals surface area contributed by atoms with Gasteiger partial charge in [-0.05, 0) is 38.8 Å². The molecule has 138 valence electrons. The summed E-state index contributed by atoms with van der Waals surface area (Å²) in [7, 11) is 0.